The number of carbonyl (C=O) groups excluding carboxylic acids is 2. The molecular formula is C17H16N2O2. The summed E-state index contributed by atoms with van der Waals surface area (Å²) in [6, 6.07) is 18.0. The topological polar surface area (TPSA) is 49.4 Å². The van der Waals surface area contributed by atoms with Crippen LogP contribution in [0.25, 0.3) is 0 Å². The lowest BCUT2D eigenvalue weighted by atomic mass is 10.00. The molecule has 0 spiro atoms. The predicted molar refractivity (Wildman–Crippen MR) is 81.0 cm³/mol. The van der Waals surface area contributed by atoms with Crippen molar-refractivity contribution in [3.05, 3.63) is 66.2 Å². The Morgan fingerprint density at radius 3 is 2.14 bits per heavy atom. The maximum Gasteiger partial charge on any atom is 0.254 e. The van der Waals surface area contributed by atoms with Crippen molar-refractivity contribution in [3.8, 4) is 0 Å². The van der Waals surface area contributed by atoms with Crippen LogP contribution in [0.2, 0.25) is 0 Å². The molecule has 1 aliphatic rings. The summed E-state index contributed by atoms with van der Waals surface area (Å²) in [5.74, 6) is -0.216. The van der Waals surface area contributed by atoms with Crippen molar-refractivity contribution in [1.82, 2.24) is 4.90 Å². The van der Waals surface area contributed by atoms with Gasteiger partial charge in [-0.1, -0.05) is 36.4 Å². The van der Waals surface area contributed by atoms with Crippen LogP contribution in [0.3, 0.4) is 0 Å². The van der Waals surface area contributed by atoms with Crippen LogP contribution in [0.15, 0.2) is 60.7 Å². The molecule has 1 saturated heterocycles. The van der Waals surface area contributed by atoms with E-state index in [9.17, 15) is 9.59 Å². The second-order valence-corrected chi connectivity index (χ2v) is 5.02. The van der Waals surface area contributed by atoms with Crippen molar-refractivity contribution >= 4 is 17.5 Å². The SMILES string of the molecule is O=C(Nc1ccccc1)C1CCN1C(=O)c1ccccc1. The van der Waals surface area contributed by atoms with Crippen molar-refractivity contribution < 1.29 is 9.59 Å². The van der Waals surface area contributed by atoms with E-state index in [4.69, 9.17) is 0 Å². The van der Waals surface area contributed by atoms with Gasteiger partial charge in [0.2, 0.25) is 5.91 Å². The summed E-state index contributed by atoms with van der Waals surface area (Å²) >= 11 is 0. The molecule has 2 aromatic rings. The molecule has 0 aromatic heterocycles. The van der Waals surface area contributed by atoms with Crippen LogP contribution >= 0.6 is 0 Å². The molecule has 2 amide bonds. The second-order valence-electron chi connectivity index (χ2n) is 5.02. The van der Waals surface area contributed by atoms with Gasteiger partial charge < -0.3 is 10.2 Å². The highest BCUT2D eigenvalue weighted by atomic mass is 16.2. The van der Waals surface area contributed by atoms with Crippen molar-refractivity contribution in [2.75, 3.05) is 11.9 Å². The van der Waals surface area contributed by atoms with Crippen LogP contribution < -0.4 is 5.32 Å². The van der Waals surface area contributed by atoms with E-state index in [0.717, 1.165) is 5.69 Å². The Morgan fingerprint density at radius 1 is 0.952 bits per heavy atom. The molecule has 2 aromatic carbocycles. The monoisotopic (exact) mass is 280 g/mol. The molecular weight excluding hydrogens is 264 g/mol. The van der Waals surface area contributed by atoms with Crippen molar-refractivity contribution in [2.45, 2.75) is 12.5 Å². The summed E-state index contributed by atoms with van der Waals surface area (Å²) in [6.07, 6.45) is 0.706. The van der Waals surface area contributed by atoms with Crippen LogP contribution in [0.5, 0.6) is 0 Å². The molecule has 4 heteroatoms. The van der Waals surface area contributed by atoms with E-state index in [2.05, 4.69) is 5.32 Å². The van der Waals surface area contributed by atoms with Gasteiger partial charge in [0.15, 0.2) is 0 Å². The maximum atomic E-state index is 12.3. The summed E-state index contributed by atoms with van der Waals surface area (Å²) in [4.78, 5) is 26.2. The fourth-order valence-electron chi connectivity index (χ4n) is 2.40. The zero-order valence-electron chi connectivity index (χ0n) is 11.5. The number of hydrogen-bond donors (Lipinski definition) is 1. The summed E-state index contributed by atoms with van der Waals surface area (Å²) in [6.45, 7) is 0.626. The third-order valence-electron chi connectivity index (χ3n) is 3.65. The maximum absolute atomic E-state index is 12.3. The van der Waals surface area contributed by atoms with E-state index in [0.29, 0.717) is 18.5 Å². The number of para-hydroxylation sites is 1. The molecule has 1 fully saturated rings. The highest BCUT2D eigenvalue weighted by Crippen LogP contribution is 2.22. The van der Waals surface area contributed by atoms with E-state index in [-0.39, 0.29) is 17.9 Å². The molecule has 0 aliphatic carbocycles. The standard InChI is InChI=1S/C17H16N2O2/c20-16(18-14-9-5-2-6-10-14)15-11-12-19(15)17(21)13-7-3-1-4-8-13/h1-10,15H,11-12H2,(H,18,20). The van der Waals surface area contributed by atoms with Gasteiger partial charge in [0.05, 0.1) is 0 Å². The van der Waals surface area contributed by atoms with Crippen LogP contribution in [-0.2, 0) is 4.79 Å². The van der Waals surface area contributed by atoms with Gasteiger partial charge in [-0.05, 0) is 30.7 Å². The van der Waals surface area contributed by atoms with Crippen molar-refractivity contribution in [2.24, 2.45) is 0 Å². The summed E-state index contributed by atoms with van der Waals surface area (Å²) in [5, 5.41) is 2.85. The normalized spacial score (nSPS) is 17.0. The molecule has 1 aliphatic heterocycles. The Bertz CT molecular complexity index is 640. The number of nitrogens with zero attached hydrogens (tertiary/aromatic N) is 1. The molecule has 1 N–H and O–H groups in total. The van der Waals surface area contributed by atoms with Crippen LogP contribution in [0.4, 0.5) is 5.69 Å². The van der Waals surface area contributed by atoms with E-state index in [1.54, 1.807) is 17.0 Å². The van der Waals surface area contributed by atoms with Crippen molar-refractivity contribution in [1.29, 1.82) is 0 Å². The lowest BCUT2D eigenvalue weighted by Crippen LogP contribution is -2.56. The number of likely N-dealkylation sites (tertiary alicyclic amines) is 1. The van der Waals surface area contributed by atoms with E-state index in [1.165, 1.54) is 0 Å². The lowest BCUT2D eigenvalue weighted by molar-refractivity contribution is -0.123. The molecule has 21 heavy (non-hydrogen) atoms. The number of nitrogens with one attached hydrogen (secondary N) is 1. The Kier molecular flexibility index (Phi) is 3.69. The number of benzene rings is 2. The Morgan fingerprint density at radius 2 is 1.57 bits per heavy atom. The summed E-state index contributed by atoms with van der Waals surface area (Å²) in [7, 11) is 0. The molecule has 0 radical (unpaired) electrons. The van der Waals surface area contributed by atoms with Gasteiger partial charge in [0, 0.05) is 17.8 Å². The number of hydrogen-bond acceptors (Lipinski definition) is 2. The van der Waals surface area contributed by atoms with Gasteiger partial charge in [-0.25, -0.2) is 0 Å². The van der Waals surface area contributed by atoms with Gasteiger partial charge in [0.1, 0.15) is 6.04 Å². The first kappa shape index (κ1) is 13.4. The fraction of sp³-hybridized carbons (Fsp3) is 0.176. The van der Waals surface area contributed by atoms with Gasteiger partial charge in [-0.3, -0.25) is 9.59 Å². The molecule has 0 bridgehead atoms. The Balaban J connectivity index is 1.67. The van der Waals surface area contributed by atoms with Crippen LogP contribution in [-0.4, -0.2) is 29.3 Å². The predicted octanol–water partition coefficient (Wildman–Crippen LogP) is 2.54. The number of anilines is 1. The molecule has 1 heterocycles. The average Bonchev–Trinajstić information content (AvgIpc) is 2.48. The molecule has 3 rings (SSSR count). The fourth-order valence-corrected chi connectivity index (χ4v) is 2.40. The first-order valence-corrected chi connectivity index (χ1v) is 6.97. The van der Waals surface area contributed by atoms with E-state index < -0.39 is 0 Å². The lowest BCUT2D eigenvalue weighted by Gasteiger charge is -2.39. The van der Waals surface area contributed by atoms with E-state index >= 15 is 0 Å². The van der Waals surface area contributed by atoms with E-state index in [1.807, 2.05) is 48.5 Å². The first-order chi connectivity index (χ1) is 10.3. The Hall–Kier alpha value is -2.62. The molecule has 106 valence electrons. The van der Waals surface area contributed by atoms with Crippen LogP contribution in [0, 0.1) is 0 Å². The third kappa shape index (κ3) is 2.79. The largest absolute Gasteiger partial charge is 0.326 e. The average molecular weight is 280 g/mol. The minimum atomic E-state index is -0.377. The molecule has 1 atom stereocenters. The number of amides is 2. The van der Waals surface area contributed by atoms with Crippen molar-refractivity contribution in [3.63, 3.8) is 0 Å². The van der Waals surface area contributed by atoms with Gasteiger partial charge in [-0.15, -0.1) is 0 Å². The van der Waals surface area contributed by atoms with Gasteiger partial charge in [0.25, 0.3) is 5.91 Å². The molecule has 1 unspecified atom stereocenters. The zero-order chi connectivity index (χ0) is 14.7. The van der Waals surface area contributed by atoms with Gasteiger partial charge >= 0.3 is 0 Å². The summed E-state index contributed by atoms with van der Waals surface area (Å²) in [5.41, 5.74) is 1.37. The molecule has 4 nitrogen and oxygen atoms in total. The third-order valence-corrected chi connectivity index (χ3v) is 3.65. The van der Waals surface area contributed by atoms with Gasteiger partial charge in [-0.2, -0.15) is 0 Å². The first-order valence-electron chi connectivity index (χ1n) is 6.97. The van der Waals surface area contributed by atoms with Crippen LogP contribution in [0.1, 0.15) is 16.8 Å². The minimum Gasteiger partial charge on any atom is -0.326 e. The highest BCUT2D eigenvalue weighted by Gasteiger charge is 2.37. The minimum absolute atomic E-state index is 0.0879. The smallest absolute Gasteiger partial charge is 0.254 e. The quantitative estimate of drug-likeness (QED) is 0.939. The number of rotatable bonds is 3. The molecule has 0 saturated carbocycles. The zero-order valence-corrected chi connectivity index (χ0v) is 11.5. The Labute approximate surface area is 123 Å². The highest BCUT2D eigenvalue weighted by molar-refractivity contribution is 6.02. The summed E-state index contributed by atoms with van der Waals surface area (Å²) < 4.78 is 0. The second kappa shape index (κ2) is 5.79. The number of carbonyl (C=O) groups is 2.